The van der Waals surface area contributed by atoms with E-state index >= 15 is 0 Å². The first kappa shape index (κ1) is 15.5. The standard InChI is InChI=1S/C18H26N2O2/c21-18(19-12-15-4-2-1-3-5-15)17-6-9-20(10-7-17)13-16-8-11-22-14-16/h1-5,16-17H,6-14H2,(H,19,21)/t16-/m1/s1. The molecular weight excluding hydrogens is 276 g/mol. The van der Waals surface area contributed by atoms with Crippen molar-refractivity contribution in [3.63, 3.8) is 0 Å². The summed E-state index contributed by atoms with van der Waals surface area (Å²) >= 11 is 0. The number of likely N-dealkylation sites (tertiary alicyclic amines) is 1. The predicted molar refractivity (Wildman–Crippen MR) is 86.4 cm³/mol. The van der Waals surface area contributed by atoms with Gasteiger partial charge in [0.1, 0.15) is 0 Å². The van der Waals surface area contributed by atoms with Crippen molar-refractivity contribution < 1.29 is 9.53 Å². The number of hydrogen-bond donors (Lipinski definition) is 1. The second kappa shape index (κ2) is 7.75. The first-order valence-electron chi connectivity index (χ1n) is 8.43. The van der Waals surface area contributed by atoms with Gasteiger partial charge in [0.05, 0.1) is 6.61 Å². The average molecular weight is 302 g/mol. The van der Waals surface area contributed by atoms with Crippen LogP contribution in [0.3, 0.4) is 0 Å². The summed E-state index contributed by atoms with van der Waals surface area (Å²) in [6.07, 6.45) is 3.15. The van der Waals surface area contributed by atoms with Crippen LogP contribution in [-0.4, -0.2) is 43.7 Å². The monoisotopic (exact) mass is 302 g/mol. The van der Waals surface area contributed by atoms with Gasteiger partial charge in [-0.15, -0.1) is 0 Å². The van der Waals surface area contributed by atoms with Gasteiger partial charge in [0.15, 0.2) is 0 Å². The molecule has 1 N–H and O–H groups in total. The van der Waals surface area contributed by atoms with E-state index in [0.717, 1.165) is 51.3 Å². The van der Waals surface area contributed by atoms with Crippen LogP contribution < -0.4 is 5.32 Å². The molecule has 0 spiro atoms. The molecule has 0 saturated carbocycles. The molecule has 3 rings (SSSR count). The second-order valence-electron chi connectivity index (χ2n) is 6.51. The van der Waals surface area contributed by atoms with Crippen molar-refractivity contribution in [2.24, 2.45) is 11.8 Å². The van der Waals surface area contributed by atoms with Crippen LogP contribution >= 0.6 is 0 Å². The lowest BCUT2D eigenvalue weighted by Crippen LogP contribution is -2.42. The van der Waals surface area contributed by atoms with E-state index in [2.05, 4.69) is 10.2 Å². The quantitative estimate of drug-likeness (QED) is 0.905. The van der Waals surface area contributed by atoms with Crippen LogP contribution in [-0.2, 0) is 16.1 Å². The Labute approximate surface area is 132 Å². The molecule has 2 aliphatic heterocycles. The number of nitrogens with zero attached hydrogens (tertiary/aromatic N) is 1. The molecule has 0 bridgehead atoms. The maximum atomic E-state index is 12.3. The Bertz CT molecular complexity index is 463. The smallest absolute Gasteiger partial charge is 0.223 e. The molecule has 2 aliphatic rings. The highest BCUT2D eigenvalue weighted by atomic mass is 16.5. The molecule has 2 saturated heterocycles. The molecule has 2 heterocycles. The first-order valence-corrected chi connectivity index (χ1v) is 8.43. The largest absolute Gasteiger partial charge is 0.381 e. The molecule has 120 valence electrons. The molecule has 4 heteroatoms. The van der Waals surface area contributed by atoms with Gasteiger partial charge >= 0.3 is 0 Å². The van der Waals surface area contributed by atoms with Gasteiger partial charge in [-0.1, -0.05) is 30.3 Å². The highest BCUT2D eigenvalue weighted by molar-refractivity contribution is 5.78. The zero-order chi connectivity index (χ0) is 15.2. The van der Waals surface area contributed by atoms with Crippen molar-refractivity contribution in [3.05, 3.63) is 35.9 Å². The summed E-state index contributed by atoms with van der Waals surface area (Å²) in [5.74, 6) is 1.09. The predicted octanol–water partition coefficient (Wildman–Crippen LogP) is 2.05. The zero-order valence-electron chi connectivity index (χ0n) is 13.2. The summed E-state index contributed by atoms with van der Waals surface area (Å²) in [6.45, 7) is 5.69. The van der Waals surface area contributed by atoms with E-state index < -0.39 is 0 Å². The van der Waals surface area contributed by atoms with Crippen LogP contribution in [0.5, 0.6) is 0 Å². The minimum Gasteiger partial charge on any atom is -0.381 e. The molecule has 1 atom stereocenters. The van der Waals surface area contributed by atoms with Crippen LogP contribution in [0.4, 0.5) is 0 Å². The lowest BCUT2D eigenvalue weighted by atomic mass is 9.95. The molecule has 1 amide bonds. The van der Waals surface area contributed by atoms with E-state index in [-0.39, 0.29) is 11.8 Å². The van der Waals surface area contributed by atoms with Gasteiger partial charge < -0.3 is 15.0 Å². The van der Waals surface area contributed by atoms with Crippen LogP contribution in [0.1, 0.15) is 24.8 Å². The number of benzene rings is 1. The number of hydrogen-bond acceptors (Lipinski definition) is 3. The first-order chi connectivity index (χ1) is 10.8. The number of carbonyl (C=O) groups excluding carboxylic acids is 1. The average Bonchev–Trinajstić information content (AvgIpc) is 3.07. The van der Waals surface area contributed by atoms with Gasteiger partial charge in [-0.2, -0.15) is 0 Å². The molecule has 0 aromatic heterocycles. The Morgan fingerprint density at radius 2 is 1.95 bits per heavy atom. The molecule has 4 nitrogen and oxygen atoms in total. The fraction of sp³-hybridized carbons (Fsp3) is 0.611. The highest BCUT2D eigenvalue weighted by Gasteiger charge is 2.27. The van der Waals surface area contributed by atoms with Crippen molar-refractivity contribution in [2.75, 3.05) is 32.8 Å². The number of ether oxygens (including phenoxy) is 1. The number of carbonyl (C=O) groups is 1. The molecule has 0 aliphatic carbocycles. The maximum Gasteiger partial charge on any atom is 0.223 e. The van der Waals surface area contributed by atoms with Crippen LogP contribution in [0.2, 0.25) is 0 Å². The van der Waals surface area contributed by atoms with Gasteiger partial charge in [0.25, 0.3) is 0 Å². The number of nitrogens with one attached hydrogen (secondary N) is 1. The topological polar surface area (TPSA) is 41.6 Å². The third-order valence-corrected chi connectivity index (χ3v) is 4.81. The molecular formula is C18H26N2O2. The third-order valence-electron chi connectivity index (χ3n) is 4.81. The molecule has 2 fully saturated rings. The minimum absolute atomic E-state index is 0.180. The van der Waals surface area contributed by atoms with Gasteiger partial charge in [-0.25, -0.2) is 0 Å². The number of amides is 1. The van der Waals surface area contributed by atoms with E-state index in [1.165, 1.54) is 6.42 Å². The summed E-state index contributed by atoms with van der Waals surface area (Å²) in [6, 6.07) is 10.1. The third kappa shape index (κ3) is 4.31. The molecule has 22 heavy (non-hydrogen) atoms. The van der Waals surface area contributed by atoms with Crippen LogP contribution in [0, 0.1) is 11.8 Å². The van der Waals surface area contributed by atoms with E-state index in [0.29, 0.717) is 12.5 Å². The number of rotatable bonds is 5. The van der Waals surface area contributed by atoms with Crippen LogP contribution in [0.15, 0.2) is 30.3 Å². The summed E-state index contributed by atoms with van der Waals surface area (Å²) < 4.78 is 5.44. The Hall–Kier alpha value is -1.39. The van der Waals surface area contributed by atoms with Gasteiger partial charge in [-0.3, -0.25) is 4.79 Å². The lowest BCUT2D eigenvalue weighted by Gasteiger charge is -2.32. The maximum absolute atomic E-state index is 12.3. The van der Waals surface area contributed by atoms with E-state index in [1.807, 2.05) is 30.3 Å². The minimum atomic E-state index is 0.180. The summed E-state index contributed by atoms with van der Waals surface area (Å²) in [5, 5.41) is 3.08. The van der Waals surface area contributed by atoms with Crippen molar-refractivity contribution in [3.8, 4) is 0 Å². The van der Waals surface area contributed by atoms with Crippen molar-refractivity contribution in [1.82, 2.24) is 10.2 Å². The van der Waals surface area contributed by atoms with Gasteiger partial charge in [0, 0.05) is 25.6 Å². The van der Waals surface area contributed by atoms with Crippen molar-refractivity contribution >= 4 is 5.91 Å². The number of piperidine rings is 1. The molecule has 1 aromatic carbocycles. The van der Waals surface area contributed by atoms with E-state index in [9.17, 15) is 4.79 Å². The zero-order valence-corrected chi connectivity index (χ0v) is 13.2. The summed E-state index contributed by atoms with van der Waals surface area (Å²) in [4.78, 5) is 14.8. The highest BCUT2D eigenvalue weighted by Crippen LogP contribution is 2.21. The Kier molecular flexibility index (Phi) is 5.46. The van der Waals surface area contributed by atoms with Crippen molar-refractivity contribution in [2.45, 2.75) is 25.8 Å². The normalized spacial score (nSPS) is 23.5. The van der Waals surface area contributed by atoms with Crippen molar-refractivity contribution in [1.29, 1.82) is 0 Å². The molecule has 1 aromatic rings. The Morgan fingerprint density at radius 1 is 1.18 bits per heavy atom. The summed E-state index contributed by atoms with van der Waals surface area (Å²) in [5.41, 5.74) is 1.16. The summed E-state index contributed by atoms with van der Waals surface area (Å²) in [7, 11) is 0. The Morgan fingerprint density at radius 3 is 2.64 bits per heavy atom. The van der Waals surface area contributed by atoms with Crippen LogP contribution in [0.25, 0.3) is 0 Å². The molecule has 0 radical (unpaired) electrons. The lowest BCUT2D eigenvalue weighted by molar-refractivity contribution is -0.126. The van der Waals surface area contributed by atoms with Gasteiger partial charge in [0.2, 0.25) is 5.91 Å². The SMILES string of the molecule is O=C(NCc1ccccc1)C1CCN(C[C@H]2CCOC2)CC1. The fourth-order valence-electron chi connectivity index (χ4n) is 3.40. The van der Waals surface area contributed by atoms with Gasteiger partial charge in [-0.05, 0) is 43.8 Å². The second-order valence-corrected chi connectivity index (χ2v) is 6.51. The van der Waals surface area contributed by atoms with E-state index in [4.69, 9.17) is 4.74 Å². The fourth-order valence-corrected chi connectivity index (χ4v) is 3.40. The van der Waals surface area contributed by atoms with E-state index in [1.54, 1.807) is 0 Å². The molecule has 0 unspecified atom stereocenters. The Balaban J connectivity index is 1.38.